The zero-order valence-corrected chi connectivity index (χ0v) is 12.4. The van der Waals surface area contributed by atoms with Gasteiger partial charge in [-0.3, -0.25) is 14.5 Å². The van der Waals surface area contributed by atoms with Gasteiger partial charge in [0, 0.05) is 49.5 Å². The largest absolute Gasteiger partial charge is 0.369 e. The molecule has 2 heterocycles. The molecule has 2 aliphatic rings. The van der Waals surface area contributed by atoms with Crippen LogP contribution in [0.1, 0.15) is 18.9 Å². The number of rotatable bonds is 4. The van der Waals surface area contributed by atoms with Crippen molar-refractivity contribution in [2.45, 2.75) is 19.8 Å². The molecule has 0 saturated carbocycles. The maximum atomic E-state index is 11.6. The summed E-state index contributed by atoms with van der Waals surface area (Å²) < 4.78 is 0. The summed E-state index contributed by atoms with van der Waals surface area (Å²) in [6.45, 7) is 6.09. The van der Waals surface area contributed by atoms with Gasteiger partial charge in [0.2, 0.25) is 5.91 Å². The lowest BCUT2D eigenvalue weighted by molar-refractivity contribution is -0.120. The van der Waals surface area contributed by atoms with Crippen LogP contribution in [0.5, 0.6) is 0 Å². The highest BCUT2D eigenvalue weighted by atomic mass is 16.1. The van der Waals surface area contributed by atoms with Gasteiger partial charge in [0.1, 0.15) is 5.78 Å². The molecule has 1 fully saturated rings. The number of amides is 1. The third kappa shape index (κ3) is 2.93. The quantitative estimate of drug-likeness (QED) is 0.906. The average Bonchev–Trinajstić information content (AvgIpc) is 2.88. The van der Waals surface area contributed by atoms with Crippen molar-refractivity contribution in [2.75, 3.05) is 42.9 Å². The van der Waals surface area contributed by atoms with E-state index in [1.54, 1.807) is 0 Å². The number of benzene rings is 1. The zero-order valence-electron chi connectivity index (χ0n) is 12.4. The second kappa shape index (κ2) is 5.85. The number of carbonyl (C=O) groups is 2. The van der Waals surface area contributed by atoms with Crippen molar-refractivity contribution in [3.8, 4) is 0 Å². The number of nitrogens with zero attached hydrogens (tertiary/aromatic N) is 2. The van der Waals surface area contributed by atoms with Crippen LogP contribution in [0.2, 0.25) is 0 Å². The Balaban J connectivity index is 1.67. The third-order valence-corrected chi connectivity index (χ3v) is 4.27. The van der Waals surface area contributed by atoms with Crippen LogP contribution in [0.3, 0.4) is 0 Å². The topological polar surface area (TPSA) is 52.7 Å². The fourth-order valence-corrected chi connectivity index (χ4v) is 3.04. The van der Waals surface area contributed by atoms with Crippen molar-refractivity contribution in [3.63, 3.8) is 0 Å². The first kappa shape index (κ1) is 14.1. The monoisotopic (exact) mass is 287 g/mol. The van der Waals surface area contributed by atoms with E-state index in [1.165, 1.54) is 0 Å². The molecule has 5 heteroatoms. The number of nitrogens with one attached hydrogen (secondary N) is 1. The van der Waals surface area contributed by atoms with E-state index < -0.39 is 0 Å². The first-order valence-electron chi connectivity index (χ1n) is 7.58. The van der Waals surface area contributed by atoms with E-state index in [-0.39, 0.29) is 5.91 Å². The van der Waals surface area contributed by atoms with Crippen LogP contribution in [-0.4, -0.2) is 49.3 Å². The summed E-state index contributed by atoms with van der Waals surface area (Å²) in [6.07, 6.45) is 1.08. The molecule has 0 aliphatic carbocycles. The van der Waals surface area contributed by atoms with E-state index in [1.807, 2.05) is 19.1 Å². The Bertz CT molecular complexity index is 563. The van der Waals surface area contributed by atoms with Gasteiger partial charge in [-0.1, -0.05) is 13.0 Å². The summed E-state index contributed by atoms with van der Waals surface area (Å²) >= 11 is 0. The van der Waals surface area contributed by atoms with Gasteiger partial charge in [0.05, 0.1) is 13.0 Å². The van der Waals surface area contributed by atoms with Crippen LogP contribution >= 0.6 is 0 Å². The minimum absolute atomic E-state index is 0.0737. The Labute approximate surface area is 124 Å². The van der Waals surface area contributed by atoms with Gasteiger partial charge in [-0.2, -0.15) is 0 Å². The summed E-state index contributed by atoms with van der Waals surface area (Å²) in [5.74, 6) is 0.378. The van der Waals surface area contributed by atoms with Gasteiger partial charge in [-0.25, -0.2) is 0 Å². The summed E-state index contributed by atoms with van der Waals surface area (Å²) in [5.41, 5.74) is 3.22. The lowest BCUT2D eigenvalue weighted by atomic mass is 10.1. The van der Waals surface area contributed by atoms with Crippen LogP contribution < -0.4 is 10.2 Å². The summed E-state index contributed by atoms with van der Waals surface area (Å²) in [7, 11) is 0. The zero-order chi connectivity index (χ0) is 14.8. The molecule has 1 amide bonds. The Morgan fingerprint density at radius 2 is 2.00 bits per heavy atom. The molecule has 1 aromatic rings. The summed E-state index contributed by atoms with van der Waals surface area (Å²) in [5, 5.41) is 2.90. The van der Waals surface area contributed by atoms with Crippen LogP contribution in [-0.2, 0) is 16.0 Å². The fourth-order valence-electron chi connectivity index (χ4n) is 3.04. The number of hydrogen-bond acceptors (Lipinski definition) is 4. The summed E-state index contributed by atoms with van der Waals surface area (Å²) in [4.78, 5) is 27.6. The fraction of sp³-hybridized carbons (Fsp3) is 0.500. The van der Waals surface area contributed by atoms with Gasteiger partial charge >= 0.3 is 0 Å². The first-order chi connectivity index (χ1) is 10.2. The van der Waals surface area contributed by atoms with E-state index in [0.717, 1.165) is 43.1 Å². The number of Topliss-reactive ketones (excluding diaryl/α,β-unsaturated/α-hetero) is 1. The highest BCUT2D eigenvalue weighted by Crippen LogP contribution is 2.32. The number of fused-ring (bicyclic) bond motifs is 1. The first-order valence-corrected chi connectivity index (χ1v) is 7.58. The van der Waals surface area contributed by atoms with E-state index in [0.29, 0.717) is 25.2 Å². The highest BCUT2D eigenvalue weighted by Gasteiger charge is 2.25. The maximum absolute atomic E-state index is 11.6. The van der Waals surface area contributed by atoms with Crippen LogP contribution in [0, 0.1) is 0 Å². The Hall–Kier alpha value is -1.88. The molecule has 0 radical (unpaired) electrons. The maximum Gasteiger partial charge on any atom is 0.228 e. The van der Waals surface area contributed by atoms with Gasteiger partial charge < -0.3 is 10.2 Å². The highest BCUT2D eigenvalue weighted by molar-refractivity contribution is 6.01. The molecule has 5 nitrogen and oxygen atoms in total. The van der Waals surface area contributed by atoms with Crippen LogP contribution in [0.15, 0.2) is 18.2 Å². The third-order valence-electron chi connectivity index (χ3n) is 4.27. The second-order valence-corrected chi connectivity index (χ2v) is 5.68. The predicted molar refractivity (Wildman–Crippen MR) is 82.7 cm³/mol. The molecular weight excluding hydrogens is 266 g/mol. The number of ketones is 1. The second-order valence-electron chi connectivity index (χ2n) is 5.68. The normalized spacial score (nSPS) is 18.5. The molecule has 0 spiro atoms. The number of hydrogen-bond donors (Lipinski definition) is 1. The van der Waals surface area contributed by atoms with Gasteiger partial charge in [-0.15, -0.1) is 0 Å². The number of anilines is 2. The van der Waals surface area contributed by atoms with Crippen LogP contribution in [0.4, 0.5) is 11.4 Å². The minimum Gasteiger partial charge on any atom is -0.369 e. The minimum atomic E-state index is 0.0737. The van der Waals surface area contributed by atoms with Crippen molar-refractivity contribution in [1.29, 1.82) is 0 Å². The van der Waals surface area contributed by atoms with E-state index in [9.17, 15) is 9.59 Å². The molecular formula is C16H21N3O2. The molecule has 112 valence electrons. The van der Waals surface area contributed by atoms with E-state index in [2.05, 4.69) is 21.2 Å². The summed E-state index contributed by atoms with van der Waals surface area (Å²) in [6, 6.07) is 6.04. The molecule has 0 atom stereocenters. The van der Waals surface area contributed by atoms with Crippen molar-refractivity contribution in [2.24, 2.45) is 0 Å². The lowest BCUT2D eigenvalue weighted by Gasteiger charge is -2.36. The van der Waals surface area contributed by atoms with E-state index >= 15 is 0 Å². The number of carbonyl (C=O) groups excluding carboxylic acids is 2. The van der Waals surface area contributed by atoms with Crippen molar-refractivity contribution < 1.29 is 9.59 Å². The van der Waals surface area contributed by atoms with Gasteiger partial charge in [0.15, 0.2) is 0 Å². The smallest absolute Gasteiger partial charge is 0.228 e. The molecule has 2 aliphatic heterocycles. The molecule has 1 aromatic carbocycles. The Morgan fingerprint density at radius 1 is 1.24 bits per heavy atom. The standard InChI is InChI=1S/C16H21N3O2/c1-2-12(20)11-18-6-8-19(9-7-18)15-5-3-4-14-13(15)10-16(21)17-14/h3-5H,2,6-11H2,1H3,(H,17,21). The molecule has 1 saturated heterocycles. The molecule has 1 N–H and O–H groups in total. The molecule has 0 aromatic heterocycles. The average molecular weight is 287 g/mol. The molecule has 3 rings (SSSR count). The Morgan fingerprint density at radius 3 is 2.71 bits per heavy atom. The van der Waals surface area contributed by atoms with E-state index in [4.69, 9.17) is 0 Å². The number of piperazine rings is 1. The van der Waals surface area contributed by atoms with Gasteiger partial charge in [0.25, 0.3) is 0 Å². The SMILES string of the molecule is CCC(=O)CN1CCN(c2cccc3c2CC(=O)N3)CC1. The Kier molecular flexibility index (Phi) is 3.92. The lowest BCUT2D eigenvalue weighted by Crippen LogP contribution is -2.48. The molecule has 0 unspecified atom stereocenters. The van der Waals surface area contributed by atoms with Crippen molar-refractivity contribution >= 4 is 23.1 Å². The predicted octanol–water partition coefficient (Wildman–Crippen LogP) is 1.28. The van der Waals surface area contributed by atoms with Gasteiger partial charge in [-0.05, 0) is 12.1 Å². The van der Waals surface area contributed by atoms with Crippen molar-refractivity contribution in [1.82, 2.24) is 4.90 Å². The molecule has 21 heavy (non-hydrogen) atoms. The van der Waals surface area contributed by atoms with Crippen LogP contribution in [0.25, 0.3) is 0 Å². The van der Waals surface area contributed by atoms with Crippen molar-refractivity contribution in [3.05, 3.63) is 23.8 Å². The molecule has 0 bridgehead atoms.